The van der Waals surface area contributed by atoms with Gasteiger partial charge in [0.1, 0.15) is 23.1 Å². The highest BCUT2D eigenvalue weighted by molar-refractivity contribution is 5.79. The lowest BCUT2D eigenvalue weighted by Gasteiger charge is -2.13. The minimum atomic E-state index is -0.598. The van der Waals surface area contributed by atoms with E-state index in [4.69, 9.17) is 9.47 Å². The molecule has 0 spiro atoms. The van der Waals surface area contributed by atoms with Crippen molar-refractivity contribution in [2.24, 2.45) is 0 Å². The molecule has 140 valence electrons. The van der Waals surface area contributed by atoms with E-state index in [2.05, 4.69) is 4.98 Å². The Hall–Kier alpha value is -4.12. The molecule has 1 heterocycles. The lowest BCUT2D eigenvalue weighted by Crippen LogP contribution is -2.13. The van der Waals surface area contributed by atoms with E-state index in [0.29, 0.717) is 33.9 Å². The van der Waals surface area contributed by atoms with Gasteiger partial charge in [0.2, 0.25) is 0 Å². The zero-order valence-electron chi connectivity index (χ0n) is 15.1. The molecule has 0 radical (unpaired) electrons. The number of hydrogen-bond acceptors (Lipinski definition) is 6. The Labute approximate surface area is 159 Å². The van der Waals surface area contributed by atoms with Gasteiger partial charge in [-0.1, -0.05) is 12.1 Å². The summed E-state index contributed by atoms with van der Waals surface area (Å²) >= 11 is 0. The molecule has 2 aromatic carbocycles. The molecule has 0 bridgehead atoms. The van der Waals surface area contributed by atoms with Crippen LogP contribution in [0.25, 0.3) is 22.4 Å². The summed E-state index contributed by atoms with van der Waals surface area (Å²) in [7, 11) is 2.99. The molecule has 3 aromatic rings. The second-order valence-corrected chi connectivity index (χ2v) is 5.79. The first-order valence-corrected chi connectivity index (χ1v) is 8.13. The van der Waals surface area contributed by atoms with Crippen LogP contribution in [0.2, 0.25) is 0 Å². The standard InChI is InChI=1S/C20H15N3O5/c1-27-14-6-7-15(19(9-14)28-2)16-10-18(22-20(24)17(16)11-21)12-4-3-5-13(8-12)23(25)26/h3-10H,1-2H3,(H,22,24). The van der Waals surface area contributed by atoms with E-state index < -0.39 is 10.5 Å². The lowest BCUT2D eigenvalue weighted by atomic mass is 9.98. The van der Waals surface area contributed by atoms with Crippen LogP contribution in [0.4, 0.5) is 5.69 Å². The van der Waals surface area contributed by atoms with E-state index in [9.17, 15) is 20.2 Å². The maximum Gasteiger partial charge on any atom is 0.270 e. The highest BCUT2D eigenvalue weighted by Crippen LogP contribution is 2.36. The number of ether oxygens (including phenoxy) is 2. The first-order chi connectivity index (χ1) is 13.5. The molecule has 1 aromatic heterocycles. The van der Waals surface area contributed by atoms with Gasteiger partial charge in [0.15, 0.2) is 0 Å². The molecule has 0 unspecified atom stereocenters. The molecule has 0 fully saturated rings. The van der Waals surface area contributed by atoms with Gasteiger partial charge in [0, 0.05) is 40.6 Å². The fourth-order valence-electron chi connectivity index (χ4n) is 2.85. The number of nitriles is 1. The van der Waals surface area contributed by atoms with Crippen molar-refractivity contribution in [3.05, 3.63) is 74.6 Å². The molecule has 0 aliphatic rings. The largest absolute Gasteiger partial charge is 0.497 e. The molecule has 0 saturated heterocycles. The Morgan fingerprint density at radius 3 is 2.50 bits per heavy atom. The molecule has 0 saturated carbocycles. The van der Waals surface area contributed by atoms with Crippen LogP contribution in [0.1, 0.15) is 5.56 Å². The number of hydrogen-bond donors (Lipinski definition) is 1. The number of nitrogens with one attached hydrogen (secondary N) is 1. The quantitative estimate of drug-likeness (QED) is 0.537. The van der Waals surface area contributed by atoms with Crippen LogP contribution in [0, 0.1) is 21.4 Å². The summed E-state index contributed by atoms with van der Waals surface area (Å²) in [6.07, 6.45) is 0. The summed E-state index contributed by atoms with van der Waals surface area (Å²) in [5, 5.41) is 20.5. The number of rotatable bonds is 5. The van der Waals surface area contributed by atoms with Crippen LogP contribution in [-0.4, -0.2) is 24.1 Å². The molecule has 0 aliphatic heterocycles. The van der Waals surface area contributed by atoms with Crippen molar-refractivity contribution in [1.29, 1.82) is 5.26 Å². The van der Waals surface area contributed by atoms with Gasteiger partial charge < -0.3 is 14.5 Å². The van der Waals surface area contributed by atoms with Gasteiger partial charge in [-0.2, -0.15) is 5.26 Å². The topological polar surface area (TPSA) is 118 Å². The number of non-ortho nitro benzene ring substituents is 1. The maximum absolute atomic E-state index is 12.5. The Kier molecular flexibility index (Phi) is 5.09. The normalized spacial score (nSPS) is 10.2. The highest BCUT2D eigenvalue weighted by Gasteiger charge is 2.17. The predicted molar refractivity (Wildman–Crippen MR) is 102 cm³/mol. The van der Waals surface area contributed by atoms with Gasteiger partial charge in [-0.15, -0.1) is 0 Å². The van der Waals surface area contributed by atoms with Crippen molar-refractivity contribution in [2.75, 3.05) is 14.2 Å². The number of benzene rings is 2. The van der Waals surface area contributed by atoms with Gasteiger partial charge in [0.25, 0.3) is 11.2 Å². The number of nitrogens with zero attached hydrogens (tertiary/aromatic N) is 2. The third-order valence-electron chi connectivity index (χ3n) is 4.21. The van der Waals surface area contributed by atoms with E-state index in [-0.39, 0.29) is 11.3 Å². The Morgan fingerprint density at radius 2 is 1.86 bits per heavy atom. The summed E-state index contributed by atoms with van der Waals surface area (Å²) in [4.78, 5) is 25.6. The van der Waals surface area contributed by atoms with Crippen molar-refractivity contribution in [2.45, 2.75) is 0 Å². The Balaban J connectivity index is 2.26. The van der Waals surface area contributed by atoms with Crippen LogP contribution in [0.15, 0.2) is 53.3 Å². The average molecular weight is 377 g/mol. The van der Waals surface area contributed by atoms with E-state index in [1.54, 1.807) is 30.3 Å². The molecule has 3 rings (SSSR count). The van der Waals surface area contributed by atoms with Crippen LogP contribution < -0.4 is 15.0 Å². The van der Waals surface area contributed by atoms with E-state index >= 15 is 0 Å². The molecule has 1 N–H and O–H groups in total. The average Bonchev–Trinajstić information content (AvgIpc) is 2.72. The number of methoxy groups -OCH3 is 2. The molecular formula is C20H15N3O5. The number of nitro groups is 1. The maximum atomic E-state index is 12.5. The van der Waals surface area contributed by atoms with E-state index in [1.165, 1.54) is 32.4 Å². The molecule has 0 aliphatic carbocycles. The molecule has 8 nitrogen and oxygen atoms in total. The lowest BCUT2D eigenvalue weighted by molar-refractivity contribution is -0.384. The number of nitro benzene ring substituents is 1. The summed E-state index contributed by atoms with van der Waals surface area (Å²) < 4.78 is 10.6. The van der Waals surface area contributed by atoms with Crippen LogP contribution >= 0.6 is 0 Å². The van der Waals surface area contributed by atoms with Gasteiger partial charge in [-0.3, -0.25) is 14.9 Å². The number of H-pyrrole nitrogens is 1. The van der Waals surface area contributed by atoms with Gasteiger partial charge in [-0.05, 0) is 18.2 Å². The minimum absolute atomic E-state index is 0.0855. The number of pyridine rings is 1. The minimum Gasteiger partial charge on any atom is -0.497 e. The molecule has 8 heteroatoms. The van der Waals surface area contributed by atoms with E-state index in [1.807, 2.05) is 6.07 Å². The summed E-state index contributed by atoms with van der Waals surface area (Å²) in [5.41, 5.74) is 0.887. The molecule has 0 atom stereocenters. The summed E-state index contributed by atoms with van der Waals surface area (Å²) in [5.74, 6) is 0.981. The third-order valence-corrected chi connectivity index (χ3v) is 4.21. The van der Waals surface area contributed by atoms with Gasteiger partial charge >= 0.3 is 0 Å². The van der Waals surface area contributed by atoms with Crippen molar-refractivity contribution in [1.82, 2.24) is 4.98 Å². The fraction of sp³-hybridized carbons (Fsp3) is 0.100. The van der Waals surface area contributed by atoms with E-state index in [0.717, 1.165) is 0 Å². The second-order valence-electron chi connectivity index (χ2n) is 5.79. The molecule has 28 heavy (non-hydrogen) atoms. The first kappa shape index (κ1) is 18.7. The van der Waals surface area contributed by atoms with Crippen LogP contribution in [0.5, 0.6) is 11.5 Å². The summed E-state index contributed by atoms with van der Waals surface area (Å²) in [6, 6.07) is 14.4. The SMILES string of the molecule is COc1ccc(-c2cc(-c3cccc([N+](=O)[O-])c3)[nH]c(=O)c2C#N)c(OC)c1. The number of aromatic nitrogens is 1. The van der Waals surface area contributed by atoms with Gasteiger partial charge in [0.05, 0.1) is 19.1 Å². The number of aromatic amines is 1. The predicted octanol–water partition coefficient (Wildman–Crippen LogP) is 3.51. The first-order valence-electron chi connectivity index (χ1n) is 8.13. The third kappa shape index (κ3) is 3.41. The van der Waals surface area contributed by atoms with Crippen LogP contribution in [0.3, 0.4) is 0 Å². The zero-order chi connectivity index (χ0) is 20.3. The fourth-order valence-corrected chi connectivity index (χ4v) is 2.85. The summed E-state index contributed by atoms with van der Waals surface area (Å²) in [6.45, 7) is 0. The molecular weight excluding hydrogens is 362 g/mol. The second kappa shape index (κ2) is 7.63. The Morgan fingerprint density at radius 1 is 1.07 bits per heavy atom. The van der Waals surface area contributed by atoms with Crippen LogP contribution in [-0.2, 0) is 0 Å². The van der Waals surface area contributed by atoms with Crippen molar-refractivity contribution < 1.29 is 14.4 Å². The molecule has 0 amide bonds. The Bertz CT molecular complexity index is 1160. The zero-order valence-corrected chi connectivity index (χ0v) is 15.1. The van der Waals surface area contributed by atoms with Gasteiger partial charge in [-0.25, -0.2) is 0 Å². The van der Waals surface area contributed by atoms with Crippen molar-refractivity contribution in [3.63, 3.8) is 0 Å². The smallest absolute Gasteiger partial charge is 0.270 e. The monoisotopic (exact) mass is 377 g/mol. The van der Waals surface area contributed by atoms with Crippen molar-refractivity contribution in [3.8, 4) is 40.0 Å². The van der Waals surface area contributed by atoms with Crippen molar-refractivity contribution >= 4 is 5.69 Å². The highest BCUT2D eigenvalue weighted by atomic mass is 16.6.